The molecule has 2 aromatic heterocycles. The van der Waals surface area contributed by atoms with Crippen molar-refractivity contribution in [3.05, 3.63) is 82.3 Å². The Bertz CT molecular complexity index is 979. The highest BCUT2D eigenvalue weighted by atomic mass is 32.1. The first kappa shape index (κ1) is 19.5. The van der Waals surface area contributed by atoms with E-state index in [2.05, 4.69) is 29.0 Å². The third-order valence-corrected chi connectivity index (χ3v) is 6.25. The molecule has 0 saturated carbocycles. The minimum absolute atomic E-state index is 0.0232. The SMILES string of the molecule is CC(C)N(CC(=O)N1CCn2cccc2[C@H]1c1ccccc1)C(=O)c1cccs1. The summed E-state index contributed by atoms with van der Waals surface area (Å²) in [7, 11) is 0. The lowest BCUT2D eigenvalue weighted by Crippen LogP contribution is -2.49. The van der Waals surface area contributed by atoms with Gasteiger partial charge in [0.05, 0.1) is 10.9 Å². The monoisotopic (exact) mass is 407 g/mol. The molecule has 1 aliphatic heterocycles. The quantitative estimate of drug-likeness (QED) is 0.641. The van der Waals surface area contributed by atoms with Gasteiger partial charge in [-0.15, -0.1) is 11.3 Å². The van der Waals surface area contributed by atoms with Crippen LogP contribution in [0.3, 0.4) is 0 Å². The Balaban J connectivity index is 1.62. The normalized spacial score (nSPS) is 16.0. The van der Waals surface area contributed by atoms with E-state index in [4.69, 9.17) is 0 Å². The predicted molar refractivity (Wildman–Crippen MR) is 115 cm³/mol. The highest BCUT2D eigenvalue weighted by Gasteiger charge is 2.34. The molecule has 6 heteroatoms. The lowest BCUT2D eigenvalue weighted by Gasteiger charge is -2.39. The van der Waals surface area contributed by atoms with Gasteiger partial charge in [0.2, 0.25) is 5.91 Å². The van der Waals surface area contributed by atoms with Gasteiger partial charge in [0, 0.05) is 31.0 Å². The van der Waals surface area contributed by atoms with Crippen LogP contribution >= 0.6 is 11.3 Å². The van der Waals surface area contributed by atoms with Gasteiger partial charge < -0.3 is 14.4 Å². The third-order valence-electron chi connectivity index (χ3n) is 5.40. The first-order chi connectivity index (χ1) is 14.1. The van der Waals surface area contributed by atoms with E-state index >= 15 is 0 Å². The van der Waals surface area contributed by atoms with Gasteiger partial charge in [0.15, 0.2) is 0 Å². The molecule has 0 radical (unpaired) electrons. The molecule has 0 saturated heterocycles. The number of aromatic nitrogens is 1. The lowest BCUT2D eigenvalue weighted by molar-refractivity contribution is -0.135. The Kier molecular flexibility index (Phi) is 5.53. The fourth-order valence-corrected chi connectivity index (χ4v) is 4.58. The van der Waals surface area contributed by atoms with Crippen molar-refractivity contribution in [2.45, 2.75) is 32.5 Å². The molecular formula is C23H25N3O2S. The van der Waals surface area contributed by atoms with Crippen LogP contribution < -0.4 is 0 Å². The summed E-state index contributed by atoms with van der Waals surface area (Å²) in [6, 6.07) is 17.7. The zero-order valence-corrected chi connectivity index (χ0v) is 17.5. The second-order valence-corrected chi connectivity index (χ2v) is 8.48. The molecule has 0 fully saturated rings. The number of thiophene rings is 1. The first-order valence-corrected chi connectivity index (χ1v) is 10.8. The standard InChI is InChI=1S/C23H25N3O2S/c1-17(2)26(23(28)20-11-7-15-29-20)16-21(27)25-14-13-24-12-6-10-19(24)22(25)18-8-4-3-5-9-18/h3-12,15,17,22H,13-14,16H2,1-2H3/t22-/m1/s1. The maximum atomic E-state index is 13.4. The summed E-state index contributed by atoms with van der Waals surface area (Å²) < 4.78 is 2.21. The molecule has 150 valence electrons. The molecule has 1 aliphatic rings. The molecule has 5 nitrogen and oxygen atoms in total. The van der Waals surface area contributed by atoms with Crippen LogP contribution in [0.15, 0.2) is 66.2 Å². The maximum absolute atomic E-state index is 13.4. The number of amides is 2. The Morgan fingerprint density at radius 3 is 2.55 bits per heavy atom. The summed E-state index contributed by atoms with van der Waals surface area (Å²) in [6.45, 7) is 5.37. The molecule has 29 heavy (non-hydrogen) atoms. The van der Waals surface area contributed by atoms with Crippen molar-refractivity contribution in [2.24, 2.45) is 0 Å². The highest BCUT2D eigenvalue weighted by molar-refractivity contribution is 7.12. The number of benzene rings is 1. The highest BCUT2D eigenvalue weighted by Crippen LogP contribution is 2.32. The minimum atomic E-state index is -0.140. The molecule has 0 N–H and O–H groups in total. The van der Waals surface area contributed by atoms with Crippen molar-refractivity contribution in [1.82, 2.24) is 14.4 Å². The van der Waals surface area contributed by atoms with E-state index in [-0.39, 0.29) is 30.4 Å². The van der Waals surface area contributed by atoms with E-state index in [9.17, 15) is 9.59 Å². The number of fused-ring (bicyclic) bond motifs is 1. The van der Waals surface area contributed by atoms with E-state index < -0.39 is 0 Å². The summed E-state index contributed by atoms with van der Waals surface area (Å²) in [4.78, 5) is 30.6. The molecule has 1 aromatic carbocycles. The van der Waals surface area contributed by atoms with E-state index in [1.807, 2.05) is 60.5 Å². The fourth-order valence-electron chi connectivity index (χ4n) is 3.91. The summed E-state index contributed by atoms with van der Waals surface area (Å²) in [5.74, 6) is -0.107. The summed E-state index contributed by atoms with van der Waals surface area (Å²) in [5, 5.41) is 1.89. The molecular weight excluding hydrogens is 382 g/mol. The Morgan fingerprint density at radius 1 is 1.07 bits per heavy atom. The van der Waals surface area contributed by atoms with Gasteiger partial charge in [-0.1, -0.05) is 36.4 Å². The van der Waals surface area contributed by atoms with Gasteiger partial charge in [0.25, 0.3) is 5.91 Å². The van der Waals surface area contributed by atoms with Gasteiger partial charge in [-0.3, -0.25) is 9.59 Å². The van der Waals surface area contributed by atoms with E-state index in [0.29, 0.717) is 11.4 Å². The van der Waals surface area contributed by atoms with Crippen LogP contribution in [0.25, 0.3) is 0 Å². The largest absolute Gasteiger partial charge is 0.348 e. The van der Waals surface area contributed by atoms with Crippen molar-refractivity contribution in [2.75, 3.05) is 13.1 Å². The molecule has 1 atom stereocenters. The van der Waals surface area contributed by atoms with E-state index in [0.717, 1.165) is 17.8 Å². The van der Waals surface area contributed by atoms with Crippen LogP contribution in [0.1, 0.15) is 40.8 Å². The number of carbonyl (C=O) groups is 2. The number of hydrogen-bond acceptors (Lipinski definition) is 3. The average molecular weight is 408 g/mol. The topological polar surface area (TPSA) is 45.6 Å². The summed E-state index contributed by atoms with van der Waals surface area (Å²) in [5.41, 5.74) is 2.19. The summed E-state index contributed by atoms with van der Waals surface area (Å²) in [6.07, 6.45) is 2.06. The van der Waals surface area contributed by atoms with E-state index in [1.165, 1.54) is 11.3 Å². The minimum Gasteiger partial charge on any atom is -0.348 e. The van der Waals surface area contributed by atoms with Gasteiger partial charge in [-0.25, -0.2) is 0 Å². The Hall–Kier alpha value is -2.86. The third kappa shape index (κ3) is 3.85. The predicted octanol–water partition coefficient (Wildman–Crippen LogP) is 4.03. The van der Waals surface area contributed by atoms with Crippen LogP contribution in [-0.4, -0.2) is 45.3 Å². The molecule has 2 amide bonds. The first-order valence-electron chi connectivity index (χ1n) is 9.90. The zero-order chi connectivity index (χ0) is 20.4. The van der Waals surface area contributed by atoms with Crippen LogP contribution in [0.4, 0.5) is 0 Å². The lowest BCUT2D eigenvalue weighted by atomic mass is 10.00. The maximum Gasteiger partial charge on any atom is 0.264 e. The Labute approximate surface area is 175 Å². The smallest absolute Gasteiger partial charge is 0.264 e. The van der Waals surface area contributed by atoms with Crippen molar-refractivity contribution >= 4 is 23.2 Å². The molecule has 3 aromatic rings. The zero-order valence-electron chi connectivity index (χ0n) is 16.7. The summed E-state index contributed by atoms with van der Waals surface area (Å²) >= 11 is 1.41. The molecule has 4 rings (SSSR count). The van der Waals surface area contributed by atoms with Gasteiger partial charge >= 0.3 is 0 Å². The molecule has 0 aliphatic carbocycles. The Morgan fingerprint density at radius 2 is 1.86 bits per heavy atom. The molecule has 3 heterocycles. The van der Waals surface area contributed by atoms with Crippen LogP contribution in [-0.2, 0) is 11.3 Å². The number of carbonyl (C=O) groups excluding carboxylic acids is 2. The second-order valence-electron chi connectivity index (χ2n) is 7.53. The fraction of sp³-hybridized carbons (Fsp3) is 0.304. The molecule has 0 spiro atoms. The number of rotatable bonds is 5. The second kappa shape index (κ2) is 8.25. The van der Waals surface area contributed by atoms with Crippen molar-refractivity contribution in [3.63, 3.8) is 0 Å². The van der Waals surface area contributed by atoms with Crippen molar-refractivity contribution < 1.29 is 9.59 Å². The number of hydrogen-bond donors (Lipinski definition) is 0. The van der Waals surface area contributed by atoms with Crippen molar-refractivity contribution in [1.29, 1.82) is 0 Å². The molecule has 0 unspecified atom stereocenters. The number of nitrogens with zero attached hydrogens (tertiary/aromatic N) is 3. The molecule has 0 bridgehead atoms. The van der Waals surface area contributed by atoms with Gasteiger partial charge in [-0.05, 0) is 43.0 Å². The van der Waals surface area contributed by atoms with E-state index in [1.54, 1.807) is 4.90 Å². The average Bonchev–Trinajstić information content (AvgIpc) is 3.42. The van der Waals surface area contributed by atoms with Crippen molar-refractivity contribution in [3.8, 4) is 0 Å². The van der Waals surface area contributed by atoms with Gasteiger partial charge in [0.1, 0.15) is 6.54 Å². The van der Waals surface area contributed by atoms with Crippen LogP contribution in [0, 0.1) is 0 Å². The van der Waals surface area contributed by atoms with Gasteiger partial charge in [-0.2, -0.15) is 0 Å². The van der Waals surface area contributed by atoms with Crippen LogP contribution in [0.5, 0.6) is 0 Å². The van der Waals surface area contributed by atoms with Crippen LogP contribution in [0.2, 0.25) is 0 Å².